The number of hydrogen-bond donors (Lipinski definition) is 2. The van der Waals surface area contributed by atoms with Gasteiger partial charge in [-0.2, -0.15) is 0 Å². The Balaban J connectivity index is 2.04. The second kappa shape index (κ2) is 14.9. The van der Waals surface area contributed by atoms with E-state index in [4.69, 9.17) is 14.2 Å². The maximum absolute atomic E-state index is 12.6. The molecule has 4 unspecified atom stereocenters. The van der Waals surface area contributed by atoms with Gasteiger partial charge in [-0.05, 0) is 71.1 Å². The van der Waals surface area contributed by atoms with Gasteiger partial charge in [0.2, 0.25) is 0 Å². The van der Waals surface area contributed by atoms with E-state index in [0.717, 1.165) is 51.4 Å². The number of carbonyl (C=O) groups excluding carboxylic acids is 2. The van der Waals surface area contributed by atoms with Gasteiger partial charge in [-0.1, -0.05) is 31.9 Å². The van der Waals surface area contributed by atoms with E-state index in [-0.39, 0.29) is 23.8 Å². The van der Waals surface area contributed by atoms with Gasteiger partial charge in [-0.15, -0.1) is 0 Å². The smallest absolute Gasteiger partial charge is 0.407 e. The molecule has 2 fully saturated rings. The van der Waals surface area contributed by atoms with Gasteiger partial charge < -0.3 is 29.4 Å². The van der Waals surface area contributed by atoms with Crippen molar-refractivity contribution in [2.45, 2.75) is 122 Å². The average Bonchev–Trinajstić information content (AvgIpc) is 3.38. The molecule has 0 bridgehead atoms. The molecule has 0 aromatic rings. The molecule has 0 radical (unpaired) electrons. The molecule has 0 aromatic carbocycles. The fourth-order valence-electron chi connectivity index (χ4n) is 5.34. The van der Waals surface area contributed by atoms with Gasteiger partial charge in [0.1, 0.15) is 5.60 Å². The normalized spacial score (nSPS) is 25.8. The van der Waals surface area contributed by atoms with E-state index in [0.29, 0.717) is 32.5 Å². The Kier molecular flexibility index (Phi) is 12.7. The van der Waals surface area contributed by atoms with Gasteiger partial charge in [-0.25, -0.2) is 4.79 Å². The highest BCUT2D eigenvalue weighted by Crippen LogP contribution is 2.41. The largest absolute Gasteiger partial charge is 0.469 e. The van der Waals surface area contributed by atoms with Crippen molar-refractivity contribution < 1.29 is 33.6 Å². The Morgan fingerprint density at radius 3 is 2.44 bits per heavy atom. The summed E-state index contributed by atoms with van der Waals surface area (Å²) < 4.78 is 22.4. The zero-order chi connectivity index (χ0) is 26.6. The summed E-state index contributed by atoms with van der Waals surface area (Å²) in [6, 6.07) is -0.179. The zero-order valence-corrected chi connectivity index (χ0v) is 23.1. The van der Waals surface area contributed by atoms with Crippen molar-refractivity contribution in [1.82, 2.24) is 5.32 Å². The number of esters is 1. The molecule has 208 valence electrons. The summed E-state index contributed by atoms with van der Waals surface area (Å²) in [7, 11) is 1.40. The van der Waals surface area contributed by atoms with E-state index in [1.807, 2.05) is 20.8 Å². The van der Waals surface area contributed by atoms with E-state index in [2.05, 4.69) is 29.1 Å². The highest BCUT2D eigenvalue weighted by molar-refractivity contribution is 5.69. The van der Waals surface area contributed by atoms with Crippen LogP contribution in [0, 0.1) is 11.8 Å². The fraction of sp³-hybridized carbons (Fsp3) is 0.857. The highest BCUT2D eigenvalue weighted by Gasteiger charge is 2.45. The van der Waals surface area contributed by atoms with Crippen molar-refractivity contribution in [3.63, 3.8) is 0 Å². The molecule has 8 heteroatoms. The van der Waals surface area contributed by atoms with Crippen LogP contribution in [0.3, 0.4) is 0 Å². The number of ether oxygens (including phenoxy) is 4. The van der Waals surface area contributed by atoms with Crippen molar-refractivity contribution in [2.75, 3.05) is 20.3 Å². The van der Waals surface area contributed by atoms with Crippen molar-refractivity contribution >= 4 is 12.1 Å². The number of alkyl carbamates (subject to hydrolysis) is 1. The predicted molar refractivity (Wildman–Crippen MR) is 138 cm³/mol. The highest BCUT2D eigenvalue weighted by atomic mass is 16.7. The van der Waals surface area contributed by atoms with E-state index in [1.54, 1.807) is 0 Å². The summed E-state index contributed by atoms with van der Waals surface area (Å²) in [5.41, 5.74) is -0.585. The number of methoxy groups -OCH3 is 1. The van der Waals surface area contributed by atoms with Crippen molar-refractivity contribution in [1.29, 1.82) is 0 Å². The minimum Gasteiger partial charge on any atom is -0.469 e. The third kappa shape index (κ3) is 10.4. The maximum Gasteiger partial charge on any atom is 0.407 e. The number of carbonyl (C=O) groups is 2. The number of rotatable bonds is 14. The number of allylic oxidation sites excluding steroid dienone is 2. The van der Waals surface area contributed by atoms with Crippen LogP contribution in [0.1, 0.15) is 98.3 Å². The lowest BCUT2D eigenvalue weighted by molar-refractivity contribution is -0.171. The first-order valence-corrected chi connectivity index (χ1v) is 13.8. The summed E-state index contributed by atoms with van der Waals surface area (Å²) in [6.45, 7) is 8.93. The third-order valence-electron chi connectivity index (χ3n) is 7.15. The van der Waals surface area contributed by atoms with Crippen molar-refractivity contribution in [3.8, 4) is 0 Å². The molecule has 0 spiro atoms. The molecule has 36 heavy (non-hydrogen) atoms. The zero-order valence-electron chi connectivity index (χ0n) is 23.1. The molecule has 0 aromatic heterocycles. The summed E-state index contributed by atoms with van der Waals surface area (Å²) in [6.07, 6.45) is 12.0. The van der Waals surface area contributed by atoms with Crippen LogP contribution in [0.5, 0.6) is 0 Å². The monoisotopic (exact) mass is 511 g/mol. The van der Waals surface area contributed by atoms with Crippen LogP contribution in [-0.4, -0.2) is 61.0 Å². The Labute approximate surface area is 217 Å². The second-order valence-corrected chi connectivity index (χ2v) is 11.2. The van der Waals surface area contributed by atoms with E-state index >= 15 is 0 Å². The summed E-state index contributed by atoms with van der Waals surface area (Å²) in [5.74, 6) is -0.679. The van der Waals surface area contributed by atoms with Gasteiger partial charge in [0.05, 0.1) is 26.4 Å². The lowest BCUT2D eigenvalue weighted by Gasteiger charge is -2.32. The number of aliphatic hydroxyl groups excluding tert-OH is 1. The molecule has 1 heterocycles. The number of nitrogens with one attached hydrogen (secondary N) is 1. The van der Waals surface area contributed by atoms with Crippen LogP contribution >= 0.6 is 0 Å². The summed E-state index contributed by atoms with van der Waals surface area (Å²) in [5, 5.41) is 14.0. The first-order chi connectivity index (χ1) is 17.1. The maximum atomic E-state index is 12.6. The average molecular weight is 512 g/mol. The first-order valence-electron chi connectivity index (χ1n) is 13.8. The molecule has 8 nitrogen and oxygen atoms in total. The van der Waals surface area contributed by atoms with Gasteiger partial charge >= 0.3 is 12.1 Å². The van der Waals surface area contributed by atoms with Crippen LogP contribution in [0.4, 0.5) is 4.79 Å². The van der Waals surface area contributed by atoms with Crippen LogP contribution < -0.4 is 5.32 Å². The molecule has 2 N–H and O–H groups in total. The Bertz CT molecular complexity index is 697. The SMILES string of the molecule is CCCCCC1(CCC2C(NC(=O)OC(C)(C)C)CC(O)C2C/C=C/CCCC(=O)OC)OCCO1. The molecular formula is C28H49NO7. The molecule has 2 aliphatic rings. The Morgan fingerprint density at radius 2 is 1.81 bits per heavy atom. The molecule has 2 rings (SSSR count). The van der Waals surface area contributed by atoms with Crippen LogP contribution in [0.25, 0.3) is 0 Å². The summed E-state index contributed by atoms with van der Waals surface area (Å²) in [4.78, 5) is 23.9. The van der Waals surface area contributed by atoms with Crippen LogP contribution in [-0.2, 0) is 23.7 Å². The van der Waals surface area contributed by atoms with Gasteiger partial charge in [-0.3, -0.25) is 4.79 Å². The van der Waals surface area contributed by atoms with Crippen LogP contribution in [0.15, 0.2) is 12.2 Å². The molecular weight excluding hydrogens is 462 g/mol. The Hall–Kier alpha value is -1.64. The molecule has 1 saturated heterocycles. The fourth-order valence-corrected chi connectivity index (χ4v) is 5.34. The minimum absolute atomic E-state index is 0.0101. The lowest BCUT2D eigenvalue weighted by Crippen LogP contribution is -2.42. The molecule has 1 aliphatic heterocycles. The molecule has 4 atom stereocenters. The standard InChI is InChI=1S/C28H49NO7/c1-6-7-12-16-28(34-18-19-35-28)17-15-21-22(13-10-8-9-11-14-25(31)33-5)24(30)20-23(21)29-26(32)36-27(2,3)4/h8,10,21-24,30H,6-7,9,11-20H2,1-5H3,(H,29,32)/b10-8+. The van der Waals surface area contributed by atoms with E-state index in [9.17, 15) is 14.7 Å². The lowest BCUT2D eigenvalue weighted by atomic mass is 9.84. The number of amides is 1. The topological polar surface area (TPSA) is 103 Å². The molecule has 1 saturated carbocycles. The van der Waals surface area contributed by atoms with Crippen molar-refractivity contribution in [2.24, 2.45) is 11.8 Å². The predicted octanol–water partition coefficient (Wildman–Crippen LogP) is 5.27. The summed E-state index contributed by atoms with van der Waals surface area (Å²) >= 11 is 0. The van der Waals surface area contributed by atoms with Gasteiger partial charge in [0.15, 0.2) is 5.79 Å². The Morgan fingerprint density at radius 1 is 1.08 bits per heavy atom. The quantitative estimate of drug-likeness (QED) is 0.186. The number of hydrogen-bond acceptors (Lipinski definition) is 7. The second-order valence-electron chi connectivity index (χ2n) is 11.2. The van der Waals surface area contributed by atoms with Gasteiger partial charge in [0.25, 0.3) is 0 Å². The molecule has 1 amide bonds. The number of unbranched alkanes of at least 4 members (excludes halogenated alkanes) is 3. The third-order valence-corrected chi connectivity index (χ3v) is 7.15. The van der Waals surface area contributed by atoms with Gasteiger partial charge in [0, 0.05) is 25.3 Å². The van der Waals surface area contributed by atoms with E-state index < -0.39 is 23.6 Å². The van der Waals surface area contributed by atoms with Crippen molar-refractivity contribution in [3.05, 3.63) is 12.2 Å². The number of aliphatic hydroxyl groups is 1. The van der Waals surface area contributed by atoms with Crippen LogP contribution in [0.2, 0.25) is 0 Å². The van der Waals surface area contributed by atoms with E-state index in [1.165, 1.54) is 7.11 Å². The molecule has 1 aliphatic carbocycles. The minimum atomic E-state index is -0.585. The first kappa shape index (κ1) is 30.6.